The van der Waals surface area contributed by atoms with Crippen molar-refractivity contribution >= 4 is 41.3 Å². The Balaban J connectivity index is 1.53. The number of aromatic nitrogens is 6. The van der Waals surface area contributed by atoms with Gasteiger partial charge in [0.2, 0.25) is 5.91 Å². The Hall–Kier alpha value is -6.15. The summed E-state index contributed by atoms with van der Waals surface area (Å²) in [5.41, 5.74) is 2.29. The van der Waals surface area contributed by atoms with Crippen molar-refractivity contribution in [3.05, 3.63) is 123 Å². The molecule has 14 nitrogen and oxygen atoms in total. The molecule has 0 aliphatic carbocycles. The van der Waals surface area contributed by atoms with Gasteiger partial charge in [-0.1, -0.05) is 54.1 Å². The Labute approximate surface area is 265 Å². The van der Waals surface area contributed by atoms with E-state index in [4.69, 9.17) is 11.6 Å². The topological polar surface area (TPSA) is 183 Å². The van der Waals surface area contributed by atoms with Crippen LogP contribution in [0, 0.1) is 0 Å². The van der Waals surface area contributed by atoms with E-state index in [1.807, 2.05) is 0 Å². The van der Waals surface area contributed by atoms with Gasteiger partial charge in [-0.05, 0) is 64.0 Å². The van der Waals surface area contributed by atoms with Gasteiger partial charge in [-0.15, -0.1) is 5.10 Å². The number of nitrogens with zero attached hydrogens (tertiary/aromatic N) is 6. The number of methoxy groups -OCH3 is 1. The van der Waals surface area contributed by atoms with Gasteiger partial charge in [0.25, 0.3) is 5.56 Å². The largest absolute Gasteiger partial charge is 0.480 e. The summed E-state index contributed by atoms with van der Waals surface area (Å²) in [6.07, 6.45) is 3.59. The van der Waals surface area contributed by atoms with Crippen molar-refractivity contribution in [1.82, 2.24) is 35.3 Å². The Kier molecular flexibility index (Phi) is 9.58. The summed E-state index contributed by atoms with van der Waals surface area (Å²) in [7, 11) is 1.23. The first-order valence-corrected chi connectivity index (χ1v) is 14.0. The molecular formula is C31H25ClN8O6. The van der Waals surface area contributed by atoms with Crippen LogP contribution in [0.5, 0.6) is 0 Å². The van der Waals surface area contributed by atoms with Gasteiger partial charge in [0.15, 0.2) is 0 Å². The van der Waals surface area contributed by atoms with Gasteiger partial charge in [0, 0.05) is 22.3 Å². The number of hydrogen-bond donors (Lipinski definition) is 3. The molecule has 2 aromatic heterocycles. The monoisotopic (exact) mass is 640 g/mol. The van der Waals surface area contributed by atoms with Crippen LogP contribution in [-0.2, 0) is 20.9 Å². The van der Waals surface area contributed by atoms with Gasteiger partial charge in [-0.25, -0.2) is 9.48 Å². The molecule has 2 heterocycles. The third-order valence-corrected chi connectivity index (χ3v) is 6.86. The molecule has 15 heteroatoms. The van der Waals surface area contributed by atoms with E-state index >= 15 is 0 Å². The molecule has 5 aromatic rings. The predicted molar refractivity (Wildman–Crippen MR) is 167 cm³/mol. The highest BCUT2D eigenvalue weighted by Gasteiger charge is 2.22. The van der Waals surface area contributed by atoms with E-state index < -0.39 is 36.1 Å². The van der Waals surface area contributed by atoms with Gasteiger partial charge in [0.05, 0.1) is 30.1 Å². The lowest BCUT2D eigenvalue weighted by Gasteiger charge is -2.20. The average molecular weight is 641 g/mol. The van der Waals surface area contributed by atoms with Crippen LogP contribution in [0.3, 0.4) is 0 Å². The van der Waals surface area contributed by atoms with Gasteiger partial charge >= 0.3 is 12.1 Å². The van der Waals surface area contributed by atoms with Crippen LogP contribution in [0.2, 0.25) is 5.02 Å². The maximum atomic E-state index is 13.4. The lowest BCUT2D eigenvalue weighted by molar-refractivity contribution is -0.138. The molecular weight excluding hydrogens is 616 g/mol. The smallest absolute Gasteiger partial charge is 0.411 e. The minimum atomic E-state index is -1.28. The Morgan fingerprint density at radius 2 is 1.80 bits per heavy atom. The minimum absolute atomic E-state index is 0.131. The predicted octanol–water partition coefficient (Wildman–Crippen LogP) is 3.72. The summed E-state index contributed by atoms with van der Waals surface area (Å²) in [4.78, 5) is 50.0. The zero-order valence-electron chi connectivity index (χ0n) is 24.1. The van der Waals surface area contributed by atoms with Crippen molar-refractivity contribution in [2.45, 2.75) is 12.6 Å². The quantitative estimate of drug-likeness (QED) is 0.190. The zero-order valence-corrected chi connectivity index (χ0v) is 24.8. The molecule has 0 fully saturated rings. The van der Waals surface area contributed by atoms with Crippen LogP contribution in [0.4, 0.5) is 10.5 Å². The number of halogens is 1. The van der Waals surface area contributed by atoms with E-state index in [-0.39, 0.29) is 11.3 Å². The number of amides is 2. The number of tetrazole rings is 1. The maximum Gasteiger partial charge on any atom is 0.411 e. The Morgan fingerprint density at radius 1 is 1.04 bits per heavy atom. The van der Waals surface area contributed by atoms with Crippen molar-refractivity contribution < 1.29 is 24.2 Å². The third kappa shape index (κ3) is 7.49. The van der Waals surface area contributed by atoms with E-state index in [1.54, 1.807) is 78.9 Å². The second-order valence-electron chi connectivity index (χ2n) is 9.68. The summed E-state index contributed by atoms with van der Waals surface area (Å²) >= 11 is 6.21. The Morgan fingerprint density at radius 3 is 2.48 bits per heavy atom. The molecule has 0 spiro atoms. The number of rotatable bonds is 10. The second kappa shape index (κ2) is 14.1. The number of ether oxygens (including phenoxy) is 1. The molecule has 0 saturated heterocycles. The van der Waals surface area contributed by atoms with E-state index in [0.29, 0.717) is 33.1 Å². The van der Waals surface area contributed by atoms with Gasteiger partial charge < -0.3 is 15.2 Å². The van der Waals surface area contributed by atoms with Crippen LogP contribution in [0.15, 0.2) is 96.1 Å². The molecule has 5 rings (SSSR count). The van der Waals surface area contributed by atoms with Crippen LogP contribution in [-0.4, -0.2) is 60.2 Å². The third-order valence-electron chi connectivity index (χ3n) is 6.62. The lowest BCUT2D eigenvalue weighted by Crippen LogP contribution is -2.33. The van der Waals surface area contributed by atoms with Crippen molar-refractivity contribution in [2.24, 2.45) is 0 Å². The molecule has 3 aromatic carbocycles. The standard InChI is InChI=1S/C31H25ClN8O6/c1-46-31(45)34-23-11-7-19(8-12-23)24-16-25(36-39(30(24)44)17-28(42)43)29(20-5-3-2-4-6-20)35-27(41)14-9-21-15-22(32)10-13-26(21)40-18-33-37-38-40/h2-16,18,29H,17H2,1H3,(H,34,45)(H,35,41)(H,42,43)/b14-9+. The number of nitrogens with one attached hydrogen (secondary N) is 2. The minimum Gasteiger partial charge on any atom is -0.480 e. The van der Waals surface area contributed by atoms with Crippen molar-refractivity contribution in [3.63, 3.8) is 0 Å². The van der Waals surface area contributed by atoms with Crippen LogP contribution in [0.25, 0.3) is 22.9 Å². The lowest BCUT2D eigenvalue weighted by atomic mass is 10.00. The maximum absolute atomic E-state index is 13.4. The number of carboxylic acids is 1. The second-order valence-corrected chi connectivity index (χ2v) is 10.1. The van der Waals surface area contributed by atoms with Crippen molar-refractivity contribution in [1.29, 1.82) is 0 Å². The molecule has 1 unspecified atom stereocenters. The highest BCUT2D eigenvalue weighted by Crippen LogP contribution is 2.26. The number of anilines is 1. The normalized spacial score (nSPS) is 11.6. The highest BCUT2D eigenvalue weighted by molar-refractivity contribution is 6.30. The van der Waals surface area contributed by atoms with E-state index in [1.165, 1.54) is 30.3 Å². The average Bonchev–Trinajstić information content (AvgIpc) is 3.59. The summed E-state index contributed by atoms with van der Waals surface area (Å²) in [6.45, 7) is -0.717. The molecule has 1 atom stereocenters. The number of hydrogen-bond acceptors (Lipinski definition) is 9. The number of aliphatic carboxylic acids is 1. The molecule has 0 aliphatic heterocycles. The highest BCUT2D eigenvalue weighted by atomic mass is 35.5. The summed E-state index contributed by atoms with van der Waals surface area (Å²) in [6, 6.07) is 20.8. The zero-order chi connectivity index (χ0) is 32.6. The molecule has 46 heavy (non-hydrogen) atoms. The van der Waals surface area contributed by atoms with Crippen LogP contribution in [0.1, 0.15) is 22.9 Å². The van der Waals surface area contributed by atoms with Gasteiger partial charge in [-0.3, -0.25) is 19.7 Å². The van der Waals surface area contributed by atoms with Crippen LogP contribution < -0.4 is 16.2 Å². The van der Waals surface area contributed by atoms with Crippen LogP contribution >= 0.6 is 11.6 Å². The summed E-state index contributed by atoms with van der Waals surface area (Å²) in [5, 5.41) is 30.9. The molecule has 0 radical (unpaired) electrons. The molecule has 0 aliphatic rings. The number of carbonyl (C=O) groups excluding carboxylic acids is 2. The van der Waals surface area contributed by atoms with Crippen molar-refractivity contribution in [2.75, 3.05) is 12.4 Å². The Bertz CT molecular complexity index is 1960. The fourth-order valence-corrected chi connectivity index (χ4v) is 4.70. The molecule has 0 bridgehead atoms. The van der Waals surface area contributed by atoms with Crippen molar-refractivity contribution in [3.8, 4) is 16.8 Å². The molecule has 0 saturated carbocycles. The first kappa shape index (κ1) is 31.3. The van der Waals surface area contributed by atoms with E-state index in [2.05, 4.69) is 36.0 Å². The number of carboxylic acid groups (broad SMARTS) is 1. The number of carbonyl (C=O) groups is 3. The fourth-order valence-electron chi connectivity index (χ4n) is 4.52. The molecule has 2 amide bonds. The molecule has 3 N–H and O–H groups in total. The fraction of sp³-hybridized carbons (Fsp3) is 0.0968. The SMILES string of the molecule is COC(=O)Nc1ccc(-c2cc(C(NC(=O)/C=C/c3cc(Cl)ccc3-n3cnnn3)c3ccccc3)nn(CC(=O)O)c2=O)cc1. The summed E-state index contributed by atoms with van der Waals surface area (Å²) in [5.74, 6) is -1.80. The number of benzene rings is 3. The van der Waals surface area contributed by atoms with Gasteiger partial charge in [-0.2, -0.15) is 9.78 Å². The first-order valence-electron chi connectivity index (χ1n) is 13.6. The molecule has 232 valence electrons. The van der Waals surface area contributed by atoms with E-state index in [9.17, 15) is 24.3 Å². The van der Waals surface area contributed by atoms with Gasteiger partial charge in [0.1, 0.15) is 12.9 Å². The first-order chi connectivity index (χ1) is 22.2. The van der Waals surface area contributed by atoms with E-state index in [0.717, 1.165) is 4.68 Å². The summed E-state index contributed by atoms with van der Waals surface area (Å²) < 4.78 is 6.86.